The smallest absolute Gasteiger partial charge is 0.290 e. The monoisotopic (exact) mass is 286 g/mol. The van der Waals surface area contributed by atoms with E-state index in [4.69, 9.17) is 4.52 Å². The first-order valence-corrected chi connectivity index (χ1v) is 6.80. The number of hydrogen-bond acceptors (Lipinski definition) is 6. The van der Waals surface area contributed by atoms with Crippen LogP contribution in [0, 0.1) is 0 Å². The zero-order valence-corrected chi connectivity index (χ0v) is 11.1. The van der Waals surface area contributed by atoms with Crippen molar-refractivity contribution in [3.05, 3.63) is 52.9 Å². The van der Waals surface area contributed by atoms with Gasteiger partial charge in [0.2, 0.25) is 5.76 Å². The quantitative estimate of drug-likeness (QED) is 0.794. The van der Waals surface area contributed by atoms with E-state index in [1.54, 1.807) is 23.7 Å². The number of nitrogens with zero attached hydrogens (tertiary/aromatic N) is 3. The Morgan fingerprint density at radius 2 is 2.15 bits per heavy atom. The van der Waals surface area contributed by atoms with Gasteiger partial charge in [-0.15, -0.1) is 0 Å². The Morgan fingerprint density at radius 3 is 2.90 bits per heavy atom. The number of amides is 1. The van der Waals surface area contributed by atoms with Crippen molar-refractivity contribution < 1.29 is 9.32 Å². The van der Waals surface area contributed by atoms with Crippen molar-refractivity contribution in [1.29, 1.82) is 0 Å². The third kappa shape index (κ3) is 2.57. The van der Waals surface area contributed by atoms with Crippen LogP contribution in [0.1, 0.15) is 16.2 Å². The van der Waals surface area contributed by atoms with Crippen LogP contribution in [-0.4, -0.2) is 21.0 Å². The van der Waals surface area contributed by atoms with Gasteiger partial charge in [0.1, 0.15) is 0 Å². The van der Waals surface area contributed by atoms with E-state index in [0.29, 0.717) is 5.69 Å². The molecule has 0 saturated heterocycles. The zero-order valence-electron chi connectivity index (χ0n) is 10.3. The van der Waals surface area contributed by atoms with Crippen LogP contribution in [0.5, 0.6) is 0 Å². The van der Waals surface area contributed by atoms with Gasteiger partial charge in [-0.25, -0.2) is 0 Å². The summed E-state index contributed by atoms with van der Waals surface area (Å²) >= 11 is 1.59. The van der Waals surface area contributed by atoms with Crippen LogP contribution < -0.4 is 5.32 Å². The second-order valence-corrected chi connectivity index (χ2v) is 4.70. The molecule has 3 aromatic heterocycles. The zero-order chi connectivity index (χ0) is 13.8. The number of hydrogen-bond donors (Lipinski definition) is 1. The summed E-state index contributed by atoms with van der Waals surface area (Å²) in [7, 11) is 0. The van der Waals surface area contributed by atoms with Crippen LogP contribution in [0.3, 0.4) is 0 Å². The van der Waals surface area contributed by atoms with Crippen molar-refractivity contribution in [1.82, 2.24) is 20.4 Å². The fraction of sp³-hybridized carbons (Fsp3) is 0.0769. The summed E-state index contributed by atoms with van der Waals surface area (Å²) in [5.41, 5.74) is 2.47. The van der Waals surface area contributed by atoms with Gasteiger partial charge in [-0.2, -0.15) is 11.3 Å². The second-order valence-electron chi connectivity index (χ2n) is 3.92. The normalized spacial score (nSPS) is 10.4. The van der Waals surface area contributed by atoms with Gasteiger partial charge in [-0.3, -0.25) is 14.8 Å². The van der Waals surface area contributed by atoms with E-state index >= 15 is 0 Å². The van der Waals surface area contributed by atoms with Crippen molar-refractivity contribution in [3.63, 3.8) is 0 Å². The Hall–Kier alpha value is -2.54. The minimum absolute atomic E-state index is 0.172. The van der Waals surface area contributed by atoms with Crippen LogP contribution in [0.15, 0.2) is 46.0 Å². The molecule has 0 atom stereocenters. The van der Waals surface area contributed by atoms with E-state index in [-0.39, 0.29) is 18.2 Å². The summed E-state index contributed by atoms with van der Waals surface area (Å²) in [6.45, 7) is 0.276. The number of rotatable bonds is 4. The van der Waals surface area contributed by atoms with Crippen molar-refractivity contribution >= 4 is 17.2 Å². The fourth-order valence-corrected chi connectivity index (χ4v) is 2.36. The third-order valence-electron chi connectivity index (χ3n) is 2.65. The molecule has 0 radical (unpaired) electrons. The molecule has 6 nitrogen and oxygen atoms in total. The van der Waals surface area contributed by atoms with Crippen LogP contribution in [0.25, 0.3) is 11.3 Å². The predicted octanol–water partition coefficient (Wildman–Crippen LogP) is 2.12. The van der Waals surface area contributed by atoms with E-state index in [2.05, 4.69) is 20.4 Å². The summed E-state index contributed by atoms with van der Waals surface area (Å²) in [6.07, 6.45) is 4.66. The number of nitrogens with one attached hydrogen (secondary N) is 1. The number of carbonyl (C=O) groups is 1. The maximum Gasteiger partial charge on any atom is 0.290 e. The Labute approximate surface area is 118 Å². The highest BCUT2D eigenvalue weighted by Gasteiger charge is 2.12. The van der Waals surface area contributed by atoms with Gasteiger partial charge >= 0.3 is 0 Å². The van der Waals surface area contributed by atoms with Crippen molar-refractivity contribution in [2.24, 2.45) is 0 Å². The van der Waals surface area contributed by atoms with E-state index < -0.39 is 0 Å². The van der Waals surface area contributed by atoms with E-state index in [0.717, 1.165) is 11.3 Å². The van der Waals surface area contributed by atoms with Crippen LogP contribution in [-0.2, 0) is 6.54 Å². The lowest BCUT2D eigenvalue weighted by atomic mass is 10.2. The van der Waals surface area contributed by atoms with Gasteiger partial charge in [0.25, 0.3) is 5.91 Å². The SMILES string of the molecule is O=C(NCc1nccnc1-c1ccsc1)c1ccno1. The van der Waals surface area contributed by atoms with Crippen molar-refractivity contribution in [3.8, 4) is 11.3 Å². The van der Waals surface area contributed by atoms with E-state index in [1.165, 1.54) is 12.3 Å². The molecule has 0 spiro atoms. The van der Waals surface area contributed by atoms with Gasteiger partial charge in [0.05, 0.1) is 24.1 Å². The molecule has 3 aromatic rings. The minimum Gasteiger partial charge on any atom is -0.351 e. The number of aromatic nitrogens is 3. The van der Waals surface area contributed by atoms with Crippen molar-refractivity contribution in [2.45, 2.75) is 6.54 Å². The first-order chi connectivity index (χ1) is 9.84. The molecule has 1 N–H and O–H groups in total. The van der Waals surface area contributed by atoms with Gasteiger partial charge in [-0.1, -0.05) is 5.16 Å². The molecular weight excluding hydrogens is 276 g/mol. The summed E-state index contributed by atoms with van der Waals surface area (Å²) in [6, 6.07) is 3.47. The molecule has 0 aliphatic rings. The molecule has 0 unspecified atom stereocenters. The maximum atomic E-state index is 11.8. The lowest BCUT2D eigenvalue weighted by Gasteiger charge is -2.06. The maximum absolute atomic E-state index is 11.8. The number of thiophene rings is 1. The molecule has 3 rings (SSSR count). The highest BCUT2D eigenvalue weighted by Crippen LogP contribution is 2.22. The predicted molar refractivity (Wildman–Crippen MR) is 73.0 cm³/mol. The molecule has 0 bridgehead atoms. The Balaban J connectivity index is 1.77. The highest BCUT2D eigenvalue weighted by molar-refractivity contribution is 7.08. The summed E-state index contributed by atoms with van der Waals surface area (Å²) in [4.78, 5) is 20.4. The first kappa shape index (κ1) is 12.5. The summed E-state index contributed by atoms with van der Waals surface area (Å²) in [5.74, 6) is -0.157. The van der Waals surface area contributed by atoms with Gasteiger partial charge in [-0.05, 0) is 11.4 Å². The van der Waals surface area contributed by atoms with E-state index in [9.17, 15) is 4.79 Å². The topological polar surface area (TPSA) is 80.9 Å². The van der Waals surface area contributed by atoms with E-state index in [1.807, 2.05) is 16.8 Å². The average molecular weight is 286 g/mol. The molecular formula is C13H10N4O2S. The standard InChI is InChI=1S/C13H10N4O2S/c18-13(11-1-3-17-19-11)16-7-10-12(15-5-4-14-10)9-2-6-20-8-9/h1-6,8H,7H2,(H,16,18). The molecule has 0 aliphatic carbocycles. The molecule has 1 amide bonds. The molecule has 0 aliphatic heterocycles. The number of carbonyl (C=O) groups excluding carboxylic acids is 1. The lowest BCUT2D eigenvalue weighted by Crippen LogP contribution is -2.23. The molecule has 3 heterocycles. The molecule has 100 valence electrons. The minimum atomic E-state index is -0.329. The summed E-state index contributed by atoms with van der Waals surface area (Å²) in [5, 5.41) is 10.2. The highest BCUT2D eigenvalue weighted by atomic mass is 32.1. The van der Waals surface area contributed by atoms with Gasteiger partial charge < -0.3 is 9.84 Å². The third-order valence-corrected chi connectivity index (χ3v) is 3.33. The summed E-state index contributed by atoms with van der Waals surface area (Å²) < 4.78 is 4.79. The Kier molecular flexibility index (Phi) is 3.51. The Morgan fingerprint density at radius 1 is 1.25 bits per heavy atom. The largest absolute Gasteiger partial charge is 0.351 e. The van der Waals surface area contributed by atoms with Gasteiger partial charge in [0.15, 0.2) is 0 Å². The van der Waals surface area contributed by atoms with Crippen LogP contribution >= 0.6 is 11.3 Å². The molecule has 20 heavy (non-hydrogen) atoms. The second kappa shape index (κ2) is 5.62. The average Bonchev–Trinajstić information content (AvgIpc) is 3.17. The van der Waals surface area contributed by atoms with Crippen molar-refractivity contribution in [2.75, 3.05) is 0 Å². The Bertz CT molecular complexity index is 695. The molecule has 0 fully saturated rings. The van der Waals surface area contributed by atoms with Crippen LogP contribution in [0.4, 0.5) is 0 Å². The first-order valence-electron chi connectivity index (χ1n) is 5.86. The van der Waals surface area contributed by atoms with Crippen LogP contribution in [0.2, 0.25) is 0 Å². The lowest BCUT2D eigenvalue weighted by molar-refractivity contribution is 0.0913. The van der Waals surface area contributed by atoms with Gasteiger partial charge in [0, 0.05) is 29.4 Å². The molecule has 0 saturated carbocycles. The molecule has 7 heteroatoms. The fourth-order valence-electron chi connectivity index (χ4n) is 1.72. The molecule has 0 aromatic carbocycles.